The van der Waals surface area contributed by atoms with Gasteiger partial charge >= 0.3 is 6.03 Å². The van der Waals surface area contributed by atoms with Crippen molar-refractivity contribution < 1.29 is 9.90 Å². The third-order valence-electron chi connectivity index (χ3n) is 4.54. The molecule has 1 aliphatic rings. The van der Waals surface area contributed by atoms with Crippen LogP contribution in [0, 0.1) is 11.8 Å². The first-order valence-corrected chi connectivity index (χ1v) is 7.90. The van der Waals surface area contributed by atoms with Gasteiger partial charge in [-0.25, -0.2) is 4.79 Å². The summed E-state index contributed by atoms with van der Waals surface area (Å²) in [6.45, 7) is 3.48. The highest BCUT2D eigenvalue weighted by Crippen LogP contribution is 2.28. The number of urea groups is 1. The molecule has 21 heavy (non-hydrogen) atoms. The lowest BCUT2D eigenvalue weighted by molar-refractivity contribution is 0.223. The first-order valence-electron chi connectivity index (χ1n) is 7.90. The molecule has 2 amide bonds. The second-order valence-corrected chi connectivity index (χ2v) is 6.01. The smallest absolute Gasteiger partial charge is 0.315 e. The van der Waals surface area contributed by atoms with Crippen LogP contribution in [-0.2, 0) is 13.2 Å². The molecule has 0 saturated heterocycles. The summed E-state index contributed by atoms with van der Waals surface area (Å²) in [7, 11) is 0. The van der Waals surface area contributed by atoms with E-state index >= 15 is 0 Å². The first-order chi connectivity index (χ1) is 10.2. The van der Waals surface area contributed by atoms with Gasteiger partial charge in [0.2, 0.25) is 0 Å². The Morgan fingerprint density at radius 3 is 2.62 bits per heavy atom. The van der Waals surface area contributed by atoms with E-state index in [-0.39, 0.29) is 12.6 Å². The van der Waals surface area contributed by atoms with Crippen molar-refractivity contribution in [3.63, 3.8) is 0 Å². The first kappa shape index (κ1) is 15.8. The van der Waals surface area contributed by atoms with Crippen LogP contribution in [0.4, 0.5) is 4.79 Å². The molecule has 1 aliphatic carbocycles. The van der Waals surface area contributed by atoms with Crippen molar-refractivity contribution in [1.29, 1.82) is 0 Å². The van der Waals surface area contributed by atoms with Gasteiger partial charge in [0.1, 0.15) is 0 Å². The molecule has 1 aromatic rings. The zero-order chi connectivity index (χ0) is 15.1. The van der Waals surface area contributed by atoms with Crippen molar-refractivity contribution in [3.8, 4) is 0 Å². The molecule has 2 rings (SSSR count). The minimum absolute atomic E-state index is 0.000931. The lowest BCUT2D eigenvalue weighted by atomic mass is 9.80. The summed E-state index contributed by atoms with van der Waals surface area (Å²) in [5, 5.41) is 15.1. The second kappa shape index (κ2) is 8.03. The summed E-state index contributed by atoms with van der Waals surface area (Å²) >= 11 is 0. The van der Waals surface area contributed by atoms with Crippen molar-refractivity contribution in [2.75, 3.05) is 6.54 Å². The van der Waals surface area contributed by atoms with E-state index in [4.69, 9.17) is 0 Å². The third kappa shape index (κ3) is 4.74. The summed E-state index contributed by atoms with van der Waals surface area (Å²) in [4.78, 5) is 11.9. The number of nitrogens with one attached hydrogen (secondary N) is 2. The molecule has 1 fully saturated rings. The largest absolute Gasteiger partial charge is 0.392 e. The minimum atomic E-state index is -0.125. The number of carbonyl (C=O) groups is 1. The molecule has 0 spiro atoms. The van der Waals surface area contributed by atoms with Gasteiger partial charge in [-0.15, -0.1) is 0 Å². The standard InChI is InChI=1S/C17H26N2O2/c1-13-6-2-3-7-14(13)10-18-17(21)19-11-15-8-4-5-9-16(15)12-20/h4-5,8-9,13-14,20H,2-3,6-7,10-12H2,1H3,(H2,18,19,21). The molecule has 2 atom stereocenters. The van der Waals surface area contributed by atoms with Crippen LogP contribution >= 0.6 is 0 Å². The maximum Gasteiger partial charge on any atom is 0.315 e. The van der Waals surface area contributed by atoms with Crippen LogP contribution in [0.25, 0.3) is 0 Å². The molecule has 0 radical (unpaired) electrons. The van der Waals surface area contributed by atoms with Crippen molar-refractivity contribution in [2.45, 2.75) is 45.8 Å². The van der Waals surface area contributed by atoms with E-state index in [0.29, 0.717) is 18.4 Å². The number of aliphatic hydroxyl groups excluding tert-OH is 1. The van der Waals surface area contributed by atoms with Crippen molar-refractivity contribution in [3.05, 3.63) is 35.4 Å². The number of amides is 2. The van der Waals surface area contributed by atoms with Gasteiger partial charge in [-0.1, -0.05) is 50.5 Å². The average Bonchev–Trinajstić information content (AvgIpc) is 2.52. The quantitative estimate of drug-likeness (QED) is 0.781. The third-order valence-corrected chi connectivity index (χ3v) is 4.54. The molecule has 4 nitrogen and oxygen atoms in total. The fraction of sp³-hybridized carbons (Fsp3) is 0.588. The molecular formula is C17H26N2O2. The van der Waals surface area contributed by atoms with Gasteiger partial charge in [0.05, 0.1) is 6.61 Å². The lowest BCUT2D eigenvalue weighted by Gasteiger charge is -2.28. The highest BCUT2D eigenvalue weighted by atomic mass is 16.3. The van der Waals surface area contributed by atoms with Gasteiger partial charge in [0.15, 0.2) is 0 Å². The van der Waals surface area contributed by atoms with E-state index in [1.54, 1.807) is 0 Å². The fourth-order valence-electron chi connectivity index (χ4n) is 3.04. The average molecular weight is 290 g/mol. The Hall–Kier alpha value is -1.55. The van der Waals surface area contributed by atoms with Gasteiger partial charge in [-0.05, 0) is 29.4 Å². The van der Waals surface area contributed by atoms with Gasteiger partial charge in [0, 0.05) is 13.1 Å². The van der Waals surface area contributed by atoms with E-state index in [1.807, 2.05) is 24.3 Å². The van der Waals surface area contributed by atoms with Gasteiger partial charge in [-0.3, -0.25) is 0 Å². The van der Waals surface area contributed by atoms with Crippen LogP contribution in [0.2, 0.25) is 0 Å². The predicted molar refractivity (Wildman–Crippen MR) is 83.7 cm³/mol. The monoisotopic (exact) mass is 290 g/mol. The van der Waals surface area contributed by atoms with Crippen LogP contribution in [0.3, 0.4) is 0 Å². The maximum absolute atomic E-state index is 11.9. The summed E-state index contributed by atoms with van der Waals surface area (Å²) in [5.41, 5.74) is 1.82. The molecule has 4 heteroatoms. The van der Waals surface area contributed by atoms with Crippen LogP contribution in [0.5, 0.6) is 0 Å². The predicted octanol–water partition coefficient (Wildman–Crippen LogP) is 2.80. The molecule has 3 N–H and O–H groups in total. The topological polar surface area (TPSA) is 61.4 Å². The Morgan fingerprint density at radius 2 is 1.90 bits per heavy atom. The van der Waals surface area contributed by atoms with Crippen LogP contribution in [-0.4, -0.2) is 17.7 Å². The molecule has 0 bridgehead atoms. The van der Waals surface area contributed by atoms with Crippen LogP contribution < -0.4 is 10.6 Å². The number of carbonyl (C=O) groups excluding carboxylic acids is 1. The number of hydrogen-bond acceptors (Lipinski definition) is 2. The SMILES string of the molecule is CC1CCCCC1CNC(=O)NCc1ccccc1CO. The molecule has 0 aromatic heterocycles. The van der Waals surface area contributed by atoms with E-state index in [0.717, 1.165) is 17.7 Å². The highest BCUT2D eigenvalue weighted by Gasteiger charge is 2.21. The summed E-state index contributed by atoms with van der Waals surface area (Å²) in [6, 6.07) is 7.48. The molecule has 2 unspecified atom stereocenters. The van der Waals surface area contributed by atoms with E-state index in [9.17, 15) is 9.90 Å². The summed E-state index contributed by atoms with van der Waals surface area (Å²) in [5.74, 6) is 1.31. The molecule has 0 aliphatic heterocycles. The summed E-state index contributed by atoms with van der Waals surface area (Å²) in [6.07, 6.45) is 5.09. The lowest BCUT2D eigenvalue weighted by Crippen LogP contribution is -2.39. The van der Waals surface area contributed by atoms with Gasteiger partial charge in [-0.2, -0.15) is 0 Å². The zero-order valence-corrected chi connectivity index (χ0v) is 12.8. The van der Waals surface area contributed by atoms with Crippen LogP contribution in [0.1, 0.15) is 43.7 Å². The number of hydrogen-bond donors (Lipinski definition) is 3. The van der Waals surface area contributed by atoms with E-state index in [1.165, 1.54) is 25.7 Å². The second-order valence-electron chi connectivity index (χ2n) is 6.01. The molecule has 116 valence electrons. The fourth-order valence-corrected chi connectivity index (χ4v) is 3.04. The zero-order valence-electron chi connectivity index (χ0n) is 12.8. The van der Waals surface area contributed by atoms with E-state index < -0.39 is 0 Å². The van der Waals surface area contributed by atoms with Crippen molar-refractivity contribution in [1.82, 2.24) is 10.6 Å². The Kier molecular flexibility index (Phi) is 6.05. The van der Waals surface area contributed by atoms with Gasteiger partial charge < -0.3 is 15.7 Å². The summed E-state index contributed by atoms with van der Waals surface area (Å²) < 4.78 is 0. The Morgan fingerprint density at radius 1 is 1.19 bits per heavy atom. The Bertz CT molecular complexity index is 462. The normalized spacial score (nSPS) is 21.8. The van der Waals surface area contributed by atoms with Crippen LogP contribution in [0.15, 0.2) is 24.3 Å². The number of rotatable bonds is 5. The maximum atomic E-state index is 11.9. The Balaban J connectivity index is 1.74. The molecule has 1 aromatic carbocycles. The highest BCUT2D eigenvalue weighted by molar-refractivity contribution is 5.73. The Labute approximate surface area is 126 Å². The molecule has 0 heterocycles. The van der Waals surface area contributed by atoms with Crippen molar-refractivity contribution in [2.24, 2.45) is 11.8 Å². The molecular weight excluding hydrogens is 264 g/mol. The minimum Gasteiger partial charge on any atom is -0.392 e. The number of aliphatic hydroxyl groups is 1. The number of benzene rings is 1. The molecule has 1 saturated carbocycles. The van der Waals surface area contributed by atoms with Crippen molar-refractivity contribution >= 4 is 6.03 Å². The van der Waals surface area contributed by atoms with E-state index in [2.05, 4.69) is 17.6 Å². The van der Waals surface area contributed by atoms with Gasteiger partial charge in [0.25, 0.3) is 0 Å².